The molecule has 1 heterocycles. The van der Waals surface area contributed by atoms with Crippen molar-refractivity contribution >= 4 is 39.3 Å². The van der Waals surface area contributed by atoms with Gasteiger partial charge in [-0.15, -0.1) is 11.3 Å². The summed E-state index contributed by atoms with van der Waals surface area (Å²) in [7, 11) is 0. The van der Waals surface area contributed by atoms with E-state index in [4.69, 9.17) is 20.8 Å². The Morgan fingerprint density at radius 1 is 1.17 bits per heavy atom. The lowest BCUT2D eigenvalue weighted by molar-refractivity contribution is -0.120. The molecule has 0 aliphatic heterocycles. The van der Waals surface area contributed by atoms with Crippen LogP contribution in [-0.2, 0) is 16.0 Å². The van der Waals surface area contributed by atoms with Crippen molar-refractivity contribution in [1.82, 2.24) is 10.3 Å². The van der Waals surface area contributed by atoms with Crippen LogP contribution in [0.25, 0.3) is 21.3 Å². The molecule has 7 nitrogen and oxygen atoms in total. The fourth-order valence-corrected chi connectivity index (χ4v) is 4.07. The minimum atomic E-state index is -0.773. The van der Waals surface area contributed by atoms with Gasteiger partial charge in [-0.2, -0.15) is 5.26 Å². The van der Waals surface area contributed by atoms with Gasteiger partial charge in [0.1, 0.15) is 17.0 Å². The molecule has 30 heavy (non-hydrogen) atoms. The quantitative estimate of drug-likeness (QED) is 0.414. The topological polar surface area (TPSA) is 123 Å². The molecule has 2 aromatic carbocycles. The third-order valence-electron chi connectivity index (χ3n) is 4.76. The van der Waals surface area contributed by atoms with E-state index < -0.39 is 11.4 Å². The number of carbonyl (C=O) groups excluding carboxylic acids is 1. The molecule has 3 aromatic rings. The molecule has 0 atom stereocenters. The number of nitriles is 1. The van der Waals surface area contributed by atoms with E-state index in [1.165, 1.54) is 11.3 Å². The summed E-state index contributed by atoms with van der Waals surface area (Å²) in [6.45, 7) is 0. The number of hydrogen-bond donors (Lipinski definition) is 3. The van der Waals surface area contributed by atoms with Gasteiger partial charge in [-0.05, 0) is 36.1 Å². The summed E-state index contributed by atoms with van der Waals surface area (Å²) in [5.74, 6) is -0.907. The molecule has 1 aliphatic carbocycles. The lowest BCUT2D eigenvalue weighted by atomic mass is 10.1. The standard InChI is InChI=1S/C22H19N5O2S/c23-13-22(8-9-22)27-20(28)11-18(24)29-19(25)12-21-26-16-7-6-15(10-17(16)30-21)14-4-2-1-3-5-14/h1-7,10,24-25H,8-9,11-12H2,(H,27,28). The molecular formula is C22H19N5O2S. The van der Waals surface area contributed by atoms with Crippen LogP contribution in [0.4, 0.5) is 0 Å². The third kappa shape index (κ3) is 4.53. The normalized spacial score (nSPS) is 14.0. The Bertz CT molecular complexity index is 1180. The Balaban J connectivity index is 1.35. The van der Waals surface area contributed by atoms with Crippen molar-refractivity contribution in [3.8, 4) is 17.2 Å². The molecule has 1 amide bonds. The number of ether oxygens (including phenoxy) is 1. The predicted octanol–water partition coefficient (Wildman–Crippen LogP) is 4.04. The first-order valence-corrected chi connectivity index (χ1v) is 10.3. The number of amides is 1. The maximum Gasteiger partial charge on any atom is 0.230 e. The van der Waals surface area contributed by atoms with E-state index in [0.29, 0.717) is 17.8 Å². The minimum Gasteiger partial charge on any atom is -0.429 e. The number of carbonyl (C=O) groups is 1. The highest BCUT2D eigenvalue weighted by Crippen LogP contribution is 2.34. The van der Waals surface area contributed by atoms with E-state index in [1.54, 1.807) is 0 Å². The highest BCUT2D eigenvalue weighted by molar-refractivity contribution is 7.18. The molecule has 150 valence electrons. The lowest BCUT2D eigenvalue weighted by Gasteiger charge is -2.10. The van der Waals surface area contributed by atoms with Gasteiger partial charge in [-0.1, -0.05) is 36.4 Å². The van der Waals surface area contributed by atoms with E-state index in [2.05, 4.69) is 34.6 Å². The van der Waals surface area contributed by atoms with Gasteiger partial charge in [0.05, 0.1) is 22.7 Å². The van der Waals surface area contributed by atoms with Gasteiger partial charge in [-0.3, -0.25) is 15.6 Å². The maximum absolute atomic E-state index is 11.9. The third-order valence-corrected chi connectivity index (χ3v) is 5.78. The number of aromatic nitrogens is 1. The Kier molecular flexibility index (Phi) is 5.29. The van der Waals surface area contributed by atoms with Gasteiger partial charge in [0.15, 0.2) is 11.8 Å². The van der Waals surface area contributed by atoms with Gasteiger partial charge < -0.3 is 10.1 Å². The average Bonchev–Trinajstić information content (AvgIpc) is 3.37. The van der Waals surface area contributed by atoms with Gasteiger partial charge >= 0.3 is 0 Å². The molecule has 0 spiro atoms. The first kappa shape index (κ1) is 19.7. The van der Waals surface area contributed by atoms with Crippen molar-refractivity contribution in [2.75, 3.05) is 0 Å². The number of hydrogen-bond acceptors (Lipinski definition) is 7. The first-order valence-electron chi connectivity index (χ1n) is 9.46. The van der Waals surface area contributed by atoms with Crippen LogP contribution in [0.15, 0.2) is 48.5 Å². The van der Waals surface area contributed by atoms with E-state index in [9.17, 15) is 4.79 Å². The van der Waals surface area contributed by atoms with E-state index in [-0.39, 0.29) is 24.6 Å². The molecule has 0 radical (unpaired) electrons. The fraction of sp³-hybridized carbons (Fsp3) is 0.227. The second-order valence-corrected chi connectivity index (χ2v) is 8.32. The molecule has 3 N–H and O–H groups in total. The summed E-state index contributed by atoms with van der Waals surface area (Å²) >= 11 is 1.48. The van der Waals surface area contributed by atoms with Crippen LogP contribution in [0.3, 0.4) is 0 Å². The van der Waals surface area contributed by atoms with Crippen molar-refractivity contribution in [2.45, 2.75) is 31.2 Å². The minimum absolute atomic E-state index is 0.142. The SMILES string of the molecule is N#CC1(NC(=O)CC(=N)OC(=N)Cc2nc3ccc(-c4ccccc4)cc3s2)CC1. The zero-order valence-corrected chi connectivity index (χ0v) is 16.9. The van der Waals surface area contributed by atoms with Crippen LogP contribution >= 0.6 is 11.3 Å². The predicted molar refractivity (Wildman–Crippen MR) is 116 cm³/mol. The Labute approximate surface area is 177 Å². The summed E-state index contributed by atoms with van der Waals surface area (Å²) < 4.78 is 6.19. The van der Waals surface area contributed by atoms with Crippen LogP contribution in [0.1, 0.15) is 24.3 Å². The van der Waals surface area contributed by atoms with E-state index >= 15 is 0 Å². The monoisotopic (exact) mass is 417 g/mol. The summed E-state index contributed by atoms with van der Waals surface area (Å²) in [6, 6.07) is 18.2. The highest BCUT2D eigenvalue weighted by Gasteiger charge is 2.44. The van der Waals surface area contributed by atoms with E-state index in [1.807, 2.05) is 30.3 Å². The van der Waals surface area contributed by atoms with Crippen molar-refractivity contribution in [2.24, 2.45) is 0 Å². The van der Waals surface area contributed by atoms with Crippen LogP contribution in [0.5, 0.6) is 0 Å². The molecular weight excluding hydrogens is 398 g/mol. The van der Waals surface area contributed by atoms with E-state index in [0.717, 1.165) is 21.3 Å². The average molecular weight is 417 g/mol. The zero-order valence-electron chi connectivity index (χ0n) is 16.1. The summed E-state index contributed by atoms with van der Waals surface area (Å²) in [5.41, 5.74) is 2.30. The number of nitrogens with one attached hydrogen (secondary N) is 3. The molecule has 0 unspecified atom stereocenters. The fourth-order valence-electron chi connectivity index (χ4n) is 3.06. The van der Waals surface area contributed by atoms with Crippen molar-refractivity contribution in [3.05, 3.63) is 53.5 Å². The molecule has 4 rings (SSSR count). The Morgan fingerprint density at radius 3 is 2.63 bits per heavy atom. The van der Waals surface area contributed by atoms with Crippen molar-refractivity contribution < 1.29 is 9.53 Å². The van der Waals surface area contributed by atoms with Crippen LogP contribution in [-0.4, -0.2) is 28.2 Å². The maximum atomic E-state index is 11.9. The summed E-state index contributed by atoms with van der Waals surface area (Å²) in [6.07, 6.45) is 1.10. The number of nitrogens with zero attached hydrogens (tertiary/aromatic N) is 2. The molecule has 1 fully saturated rings. The molecule has 8 heteroatoms. The van der Waals surface area contributed by atoms with Gasteiger partial charge in [0.2, 0.25) is 5.91 Å². The smallest absolute Gasteiger partial charge is 0.230 e. The first-order chi connectivity index (χ1) is 14.5. The van der Waals surface area contributed by atoms with Gasteiger partial charge in [-0.25, -0.2) is 4.98 Å². The van der Waals surface area contributed by atoms with Crippen LogP contribution in [0.2, 0.25) is 0 Å². The zero-order chi connectivity index (χ0) is 21.1. The highest BCUT2D eigenvalue weighted by atomic mass is 32.1. The van der Waals surface area contributed by atoms with Crippen LogP contribution in [0, 0.1) is 22.1 Å². The Hall–Kier alpha value is -3.57. The largest absolute Gasteiger partial charge is 0.429 e. The molecule has 1 saturated carbocycles. The lowest BCUT2D eigenvalue weighted by Crippen LogP contribution is -2.37. The number of thiazole rings is 1. The Morgan fingerprint density at radius 2 is 1.93 bits per heavy atom. The number of benzene rings is 2. The molecule has 0 saturated heterocycles. The van der Waals surface area contributed by atoms with Gasteiger partial charge in [0.25, 0.3) is 0 Å². The number of fused-ring (bicyclic) bond motifs is 1. The second-order valence-electron chi connectivity index (χ2n) is 7.20. The van der Waals surface area contributed by atoms with Crippen molar-refractivity contribution in [3.63, 3.8) is 0 Å². The molecule has 1 aliphatic rings. The summed E-state index contributed by atoms with van der Waals surface area (Å²) in [4.78, 5) is 16.4. The van der Waals surface area contributed by atoms with Gasteiger partial charge in [0, 0.05) is 0 Å². The number of rotatable bonds is 6. The second kappa shape index (κ2) is 8.05. The molecule has 1 aromatic heterocycles. The van der Waals surface area contributed by atoms with Crippen LogP contribution < -0.4 is 5.32 Å². The van der Waals surface area contributed by atoms with Crippen molar-refractivity contribution in [1.29, 1.82) is 16.1 Å². The molecule has 0 bridgehead atoms. The summed E-state index contributed by atoms with van der Waals surface area (Å²) in [5, 5.41) is 28.1.